The lowest BCUT2D eigenvalue weighted by atomic mass is 9.53. The SMILES string of the molecule is CC(Sc1nnc(-c2ccco2)n1C1CCCCC1)C(=O)NC(=O)NC12CC3CC(CC(C3)C1)C2. The van der Waals surface area contributed by atoms with E-state index in [1.165, 1.54) is 50.3 Å². The van der Waals surface area contributed by atoms with Gasteiger partial charge in [-0.25, -0.2) is 4.79 Å². The summed E-state index contributed by atoms with van der Waals surface area (Å²) >= 11 is 1.36. The molecule has 1 unspecified atom stereocenters. The first-order valence-electron chi connectivity index (χ1n) is 13.3. The van der Waals surface area contributed by atoms with Crippen LogP contribution < -0.4 is 10.6 Å². The predicted molar refractivity (Wildman–Crippen MR) is 133 cm³/mol. The van der Waals surface area contributed by atoms with Crippen LogP contribution in [0, 0.1) is 17.8 Å². The zero-order valence-electron chi connectivity index (χ0n) is 20.4. The number of hydrogen-bond acceptors (Lipinski definition) is 6. The van der Waals surface area contributed by atoms with Crippen LogP contribution in [0.25, 0.3) is 11.6 Å². The number of carbonyl (C=O) groups excluding carboxylic acids is 2. The number of urea groups is 1. The van der Waals surface area contributed by atoms with E-state index in [0.29, 0.717) is 16.7 Å². The number of thioether (sulfide) groups is 1. The lowest BCUT2D eigenvalue weighted by Gasteiger charge is -2.56. The molecule has 35 heavy (non-hydrogen) atoms. The van der Waals surface area contributed by atoms with E-state index in [1.54, 1.807) is 6.26 Å². The van der Waals surface area contributed by atoms with Crippen LogP contribution in [0.2, 0.25) is 0 Å². The first kappa shape index (κ1) is 23.1. The van der Waals surface area contributed by atoms with Crippen LogP contribution in [-0.2, 0) is 4.79 Å². The molecule has 0 aliphatic heterocycles. The lowest BCUT2D eigenvalue weighted by molar-refractivity contribution is -0.119. The van der Waals surface area contributed by atoms with Crippen molar-refractivity contribution in [3.63, 3.8) is 0 Å². The van der Waals surface area contributed by atoms with E-state index >= 15 is 0 Å². The molecule has 1 atom stereocenters. The number of imide groups is 1. The van der Waals surface area contributed by atoms with Crippen LogP contribution >= 0.6 is 11.8 Å². The Morgan fingerprint density at radius 1 is 1.09 bits per heavy atom. The Morgan fingerprint density at radius 2 is 1.77 bits per heavy atom. The molecule has 2 aromatic heterocycles. The second-order valence-corrected chi connectivity index (χ2v) is 12.7. The molecule has 3 amide bonds. The minimum Gasteiger partial charge on any atom is -0.461 e. The molecule has 9 heteroatoms. The van der Waals surface area contributed by atoms with Crippen LogP contribution in [0.5, 0.6) is 0 Å². The maximum atomic E-state index is 13.0. The summed E-state index contributed by atoms with van der Waals surface area (Å²) in [5, 5.41) is 14.9. The van der Waals surface area contributed by atoms with Crippen LogP contribution in [0.15, 0.2) is 28.0 Å². The van der Waals surface area contributed by atoms with Crippen molar-refractivity contribution in [1.82, 2.24) is 25.4 Å². The van der Waals surface area contributed by atoms with E-state index < -0.39 is 5.25 Å². The Morgan fingerprint density at radius 3 is 2.40 bits per heavy atom. The Hall–Kier alpha value is -2.29. The molecule has 5 aliphatic rings. The second kappa shape index (κ2) is 9.30. The molecule has 4 bridgehead atoms. The van der Waals surface area contributed by atoms with Gasteiger partial charge in [0.05, 0.1) is 11.5 Å². The molecule has 2 aromatic rings. The van der Waals surface area contributed by atoms with Gasteiger partial charge in [0.2, 0.25) is 11.7 Å². The first-order valence-corrected chi connectivity index (χ1v) is 14.1. The van der Waals surface area contributed by atoms with E-state index in [4.69, 9.17) is 4.42 Å². The maximum absolute atomic E-state index is 13.0. The highest BCUT2D eigenvalue weighted by atomic mass is 32.2. The molecule has 188 valence electrons. The van der Waals surface area contributed by atoms with Gasteiger partial charge in [-0.1, -0.05) is 31.0 Å². The predicted octanol–water partition coefficient (Wildman–Crippen LogP) is 5.32. The third-order valence-corrected chi connectivity index (χ3v) is 9.71. The monoisotopic (exact) mass is 497 g/mol. The molecule has 2 heterocycles. The molecule has 0 saturated heterocycles. The largest absolute Gasteiger partial charge is 0.461 e. The number of amides is 3. The fourth-order valence-corrected chi connectivity index (χ4v) is 8.48. The molecule has 0 aromatic carbocycles. The average molecular weight is 498 g/mol. The summed E-state index contributed by atoms with van der Waals surface area (Å²) in [5.41, 5.74) is -0.116. The molecule has 7 rings (SSSR count). The molecule has 5 fully saturated rings. The minimum absolute atomic E-state index is 0.116. The van der Waals surface area contributed by atoms with Gasteiger partial charge in [0.15, 0.2) is 10.9 Å². The number of aromatic nitrogens is 3. The van der Waals surface area contributed by atoms with Crippen LogP contribution in [0.4, 0.5) is 4.79 Å². The summed E-state index contributed by atoms with van der Waals surface area (Å²) in [6.45, 7) is 1.82. The summed E-state index contributed by atoms with van der Waals surface area (Å²) < 4.78 is 7.76. The number of nitrogens with one attached hydrogen (secondary N) is 2. The van der Waals surface area contributed by atoms with Crippen molar-refractivity contribution in [2.75, 3.05) is 0 Å². The Labute approximate surface area is 210 Å². The van der Waals surface area contributed by atoms with E-state index in [0.717, 1.165) is 49.9 Å². The minimum atomic E-state index is -0.479. The van der Waals surface area contributed by atoms with Gasteiger partial charge in [0, 0.05) is 11.6 Å². The fraction of sp³-hybridized carbons (Fsp3) is 0.692. The molecular formula is C26H35N5O3S. The summed E-state index contributed by atoms with van der Waals surface area (Å²) in [4.78, 5) is 25.9. The van der Waals surface area contributed by atoms with Gasteiger partial charge in [0.25, 0.3) is 0 Å². The Balaban J connectivity index is 1.12. The number of hydrogen-bond donors (Lipinski definition) is 2. The summed E-state index contributed by atoms with van der Waals surface area (Å²) in [6, 6.07) is 3.67. The van der Waals surface area contributed by atoms with Crippen molar-refractivity contribution in [3.05, 3.63) is 18.4 Å². The van der Waals surface area contributed by atoms with Crippen LogP contribution in [0.3, 0.4) is 0 Å². The van der Waals surface area contributed by atoms with E-state index in [9.17, 15) is 9.59 Å². The van der Waals surface area contributed by atoms with Gasteiger partial charge in [-0.15, -0.1) is 10.2 Å². The van der Waals surface area contributed by atoms with Crippen molar-refractivity contribution >= 4 is 23.7 Å². The van der Waals surface area contributed by atoms with Gasteiger partial charge >= 0.3 is 6.03 Å². The molecule has 0 radical (unpaired) electrons. The van der Waals surface area contributed by atoms with E-state index in [2.05, 4.69) is 25.4 Å². The summed E-state index contributed by atoms with van der Waals surface area (Å²) in [7, 11) is 0. The number of furan rings is 1. The Bertz CT molecular complexity index is 1040. The first-order chi connectivity index (χ1) is 17.0. The quantitative estimate of drug-likeness (QED) is 0.524. The van der Waals surface area contributed by atoms with Crippen molar-refractivity contribution in [2.24, 2.45) is 17.8 Å². The van der Waals surface area contributed by atoms with Crippen molar-refractivity contribution in [1.29, 1.82) is 0 Å². The topological polar surface area (TPSA) is 102 Å². The molecule has 5 saturated carbocycles. The highest BCUT2D eigenvalue weighted by molar-refractivity contribution is 8.00. The Kier molecular flexibility index (Phi) is 6.15. The normalized spacial score (nSPS) is 30.8. The third-order valence-electron chi connectivity index (χ3n) is 8.65. The maximum Gasteiger partial charge on any atom is 0.321 e. The third kappa shape index (κ3) is 4.63. The van der Waals surface area contributed by atoms with Gasteiger partial charge in [-0.05, 0) is 88.2 Å². The molecule has 0 spiro atoms. The zero-order valence-corrected chi connectivity index (χ0v) is 21.2. The highest BCUT2D eigenvalue weighted by Gasteiger charge is 2.51. The lowest BCUT2D eigenvalue weighted by Crippen LogP contribution is -2.62. The van der Waals surface area contributed by atoms with Crippen LogP contribution in [0.1, 0.15) is 83.6 Å². The van der Waals surface area contributed by atoms with Gasteiger partial charge < -0.3 is 9.73 Å². The standard InChI is InChI=1S/C26H35N5O3S/c1-16(23(32)27-24(33)28-26-13-17-10-18(14-26)12-19(11-17)15-26)35-25-30-29-22(21-8-5-9-34-21)31(25)20-6-3-2-4-7-20/h5,8-9,16-20H,2-4,6-7,10-15H2,1H3,(H2,27,28,32,33). The summed E-state index contributed by atoms with van der Waals surface area (Å²) in [6.07, 6.45) is 14.5. The van der Waals surface area contributed by atoms with Crippen molar-refractivity contribution in [2.45, 2.75) is 99.5 Å². The smallest absolute Gasteiger partial charge is 0.321 e. The second-order valence-electron chi connectivity index (χ2n) is 11.3. The summed E-state index contributed by atoms with van der Waals surface area (Å²) in [5.74, 6) is 3.30. The number of rotatable bonds is 6. The molecule has 5 aliphatic carbocycles. The molecule has 2 N–H and O–H groups in total. The van der Waals surface area contributed by atoms with Gasteiger partial charge in [0.1, 0.15) is 0 Å². The van der Waals surface area contributed by atoms with Crippen molar-refractivity contribution in [3.8, 4) is 11.6 Å². The van der Waals surface area contributed by atoms with E-state index in [-0.39, 0.29) is 23.5 Å². The van der Waals surface area contributed by atoms with Gasteiger partial charge in [-0.3, -0.25) is 14.7 Å². The number of nitrogens with zero attached hydrogens (tertiary/aromatic N) is 3. The highest BCUT2D eigenvalue weighted by Crippen LogP contribution is 2.55. The average Bonchev–Trinajstić information content (AvgIpc) is 3.48. The zero-order chi connectivity index (χ0) is 24.0. The molecule has 8 nitrogen and oxygen atoms in total. The molecular weight excluding hydrogens is 462 g/mol. The number of carbonyl (C=O) groups is 2. The van der Waals surface area contributed by atoms with Gasteiger partial charge in [-0.2, -0.15) is 0 Å². The van der Waals surface area contributed by atoms with E-state index in [1.807, 2.05) is 19.1 Å². The fourth-order valence-electron chi connectivity index (χ4n) is 7.56. The van der Waals surface area contributed by atoms with Crippen molar-refractivity contribution < 1.29 is 14.0 Å². The van der Waals surface area contributed by atoms with Crippen LogP contribution in [-0.4, -0.2) is 37.5 Å².